The SMILES string of the molecule is COc1c(F)c(CC(N)C(=O)O)c(NC(C)=O)c([At])c1OC. The van der Waals surface area contributed by atoms with Gasteiger partial charge in [0.2, 0.25) is 0 Å². The first-order valence-corrected chi connectivity index (χ1v) is 7.59. The summed E-state index contributed by atoms with van der Waals surface area (Å²) < 4.78 is 25.2. The number of carboxylic acid groups (broad SMARTS) is 1. The van der Waals surface area contributed by atoms with Crippen molar-refractivity contribution in [3.63, 3.8) is 0 Å². The van der Waals surface area contributed by atoms with E-state index in [-0.39, 0.29) is 29.2 Å². The van der Waals surface area contributed by atoms with Gasteiger partial charge < -0.3 is 0 Å². The molecular weight excluding hydrogens is 493 g/mol. The van der Waals surface area contributed by atoms with Crippen molar-refractivity contribution < 1.29 is 53.3 Å². The van der Waals surface area contributed by atoms with Crippen LogP contribution in [0.4, 0.5) is 10.1 Å². The van der Waals surface area contributed by atoms with E-state index in [0.717, 1.165) is 24.7 Å². The number of amides is 1. The summed E-state index contributed by atoms with van der Waals surface area (Å²) >= 11 is 1.13. The normalized spacial score (nSPS) is 11.7. The molecule has 0 bridgehead atoms. The molecule has 0 saturated carbocycles. The first-order valence-electron chi connectivity index (χ1n) is 6.12. The summed E-state index contributed by atoms with van der Waals surface area (Å²) in [7, 11) is 2.62. The molecule has 4 N–H and O–H groups in total. The van der Waals surface area contributed by atoms with Crippen molar-refractivity contribution in [3.05, 3.63) is 11.4 Å². The van der Waals surface area contributed by atoms with Crippen LogP contribution in [0.2, 0.25) is 0 Å². The number of halogens is 1. The minimum atomic E-state index is -1.31. The van der Waals surface area contributed by atoms with E-state index in [2.05, 4.69) is 5.32 Å². The Bertz CT molecular complexity index is 609. The number of hydrogen-bond donors (Lipinski definition) is 3. The fourth-order valence-electron chi connectivity index (χ4n) is 1.86. The Balaban J connectivity index is 3.58. The van der Waals surface area contributed by atoms with Crippen molar-refractivity contribution >= 4 is 20.8 Å². The van der Waals surface area contributed by atoms with Crippen LogP contribution in [0, 0.1) is 30.5 Å². The first kappa shape index (κ1) is 18.6. The van der Waals surface area contributed by atoms with Gasteiger partial charge in [0.15, 0.2) is 0 Å². The van der Waals surface area contributed by atoms with Crippen LogP contribution in [0.3, 0.4) is 0 Å². The van der Waals surface area contributed by atoms with Crippen molar-refractivity contribution in [1.29, 1.82) is 0 Å². The van der Waals surface area contributed by atoms with E-state index >= 15 is 0 Å². The molecule has 7 nitrogen and oxygen atoms in total. The molecule has 0 radical (unpaired) electrons. The quantitative estimate of drug-likeness (QED) is 0.496. The maximum atomic E-state index is 14.6. The molecule has 9 heteroatoms. The predicted octanol–water partition coefficient (Wildman–Crippen LogP) is -0.0697. The molecule has 0 aromatic heterocycles. The van der Waals surface area contributed by atoms with E-state index in [1.54, 1.807) is 0 Å². The fraction of sp³-hybridized carbons (Fsp3) is 0.385. The van der Waals surface area contributed by atoms with E-state index in [9.17, 15) is 14.0 Å². The zero-order chi connectivity index (χ0) is 17.0. The second kappa shape index (κ2) is 7.69. The molecule has 0 aliphatic carbocycles. The number of carboxylic acids is 1. The average Bonchev–Trinajstić information content (AvgIpc) is 2.45. The number of nitrogens with one attached hydrogen (secondary N) is 1. The van der Waals surface area contributed by atoms with Crippen LogP contribution in [0.25, 0.3) is 0 Å². The van der Waals surface area contributed by atoms with Gasteiger partial charge in [-0.25, -0.2) is 0 Å². The molecule has 0 saturated heterocycles. The fourth-order valence-corrected chi connectivity index (χ4v) is 3.12. The number of carbonyl (C=O) groups excluding carboxylic acids is 1. The Hall–Kier alpha value is -1.47. The van der Waals surface area contributed by atoms with Gasteiger partial charge >= 0.3 is 142 Å². The number of carbonyl (C=O) groups is 2. The van der Waals surface area contributed by atoms with Crippen LogP contribution in [-0.4, -0.2) is 37.2 Å². The third kappa shape index (κ3) is 3.84. The molecule has 122 valence electrons. The molecule has 1 unspecified atom stereocenters. The Morgan fingerprint density at radius 2 is 1.91 bits per heavy atom. The van der Waals surface area contributed by atoms with Crippen molar-refractivity contribution in [2.45, 2.75) is 19.4 Å². The molecule has 22 heavy (non-hydrogen) atoms. The summed E-state index contributed by atoms with van der Waals surface area (Å²) in [6.07, 6.45) is -0.299. The molecule has 0 heterocycles. The van der Waals surface area contributed by atoms with Crippen LogP contribution >= 0.6 is 0 Å². The van der Waals surface area contributed by atoms with Crippen molar-refractivity contribution in [1.82, 2.24) is 0 Å². The van der Waals surface area contributed by atoms with Gasteiger partial charge in [0.1, 0.15) is 0 Å². The number of hydrogen-bond acceptors (Lipinski definition) is 5. The number of ether oxygens (including phenoxy) is 2. The number of aliphatic carboxylic acids is 1. The van der Waals surface area contributed by atoms with Crippen LogP contribution in [-0.2, 0) is 16.0 Å². The average molecular weight is 509 g/mol. The van der Waals surface area contributed by atoms with Crippen molar-refractivity contribution in [2.75, 3.05) is 19.5 Å². The van der Waals surface area contributed by atoms with E-state index in [0.29, 0.717) is 3.27 Å². The number of nitrogens with two attached hydrogens (primary N) is 1. The van der Waals surface area contributed by atoms with Crippen LogP contribution < -0.4 is 23.8 Å². The van der Waals surface area contributed by atoms with Gasteiger partial charge in [-0.3, -0.25) is 0 Å². The standard InChI is InChI=1S/C13H16AtFN2O5/c1-5(18)17-10-6(4-7(16)13(19)20)9(15)12(22-3)11(21-2)8(10)14/h7H,4,16H2,1-3H3,(H,17,18)(H,19,20). The van der Waals surface area contributed by atoms with E-state index in [1.165, 1.54) is 21.1 Å². The monoisotopic (exact) mass is 509 g/mol. The summed E-state index contributed by atoms with van der Waals surface area (Å²) in [6.45, 7) is 1.27. The summed E-state index contributed by atoms with van der Waals surface area (Å²) in [6, 6.07) is -1.31. The zero-order valence-corrected chi connectivity index (χ0v) is 15.1. The first-order chi connectivity index (χ1) is 10.2. The summed E-state index contributed by atoms with van der Waals surface area (Å²) in [5.41, 5.74) is 5.62. The van der Waals surface area contributed by atoms with Gasteiger partial charge in [-0.15, -0.1) is 0 Å². The Kier molecular flexibility index (Phi) is 6.50. The Morgan fingerprint density at radius 3 is 2.32 bits per heavy atom. The Morgan fingerprint density at radius 1 is 1.36 bits per heavy atom. The molecule has 0 spiro atoms. The molecule has 1 rings (SSSR count). The van der Waals surface area contributed by atoms with Gasteiger partial charge in [-0.1, -0.05) is 0 Å². The van der Waals surface area contributed by atoms with Gasteiger partial charge in [0.05, 0.1) is 0 Å². The van der Waals surface area contributed by atoms with Gasteiger partial charge in [0.25, 0.3) is 0 Å². The minimum absolute atomic E-state index is 0.0275. The molecule has 0 fully saturated rings. The molecule has 1 amide bonds. The number of anilines is 1. The van der Waals surface area contributed by atoms with Crippen molar-refractivity contribution in [3.8, 4) is 11.5 Å². The molecule has 0 aliphatic heterocycles. The second-order valence-electron chi connectivity index (χ2n) is 4.38. The van der Waals surface area contributed by atoms with Crippen LogP contribution in [0.5, 0.6) is 11.5 Å². The number of rotatable bonds is 6. The maximum absolute atomic E-state index is 14.6. The van der Waals surface area contributed by atoms with E-state index in [4.69, 9.17) is 20.3 Å². The third-order valence-electron chi connectivity index (χ3n) is 2.84. The van der Waals surface area contributed by atoms with E-state index < -0.39 is 23.7 Å². The summed E-state index contributed by atoms with van der Waals surface area (Å²) in [5, 5.41) is 11.4. The summed E-state index contributed by atoms with van der Waals surface area (Å²) in [4.78, 5) is 22.3. The van der Waals surface area contributed by atoms with Gasteiger partial charge in [-0.05, 0) is 0 Å². The molecular formula is C13H16AtFN2O5. The molecule has 1 atom stereocenters. The zero-order valence-electron chi connectivity index (χ0n) is 12.2. The van der Waals surface area contributed by atoms with Gasteiger partial charge in [0, 0.05) is 0 Å². The number of benzene rings is 1. The second-order valence-corrected chi connectivity index (χ2v) is 5.85. The molecule has 1 aromatic rings. The molecule has 1 aromatic carbocycles. The topological polar surface area (TPSA) is 111 Å². The third-order valence-corrected chi connectivity index (χ3v) is 4.24. The van der Waals surface area contributed by atoms with Crippen LogP contribution in [0.1, 0.15) is 12.5 Å². The van der Waals surface area contributed by atoms with Crippen molar-refractivity contribution in [2.24, 2.45) is 5.73 Å². The predicted molar refractivity (Wildman–Crippen MR) is 72.8 cm³/mol. The summed E-state index contributed by atoms with van der Waals surface area (Å²) in [5.74, 6) is -2.50. The van der Waals surface area contributed by atoms with Gasteiger partial charge in [-0.2, -0.15) is 0 Å². The van der Waals surface area contributed by atoms with E-state index in [1.807, 2.05) is 0 Å². The number of methoxy groups -OCH3 is 2. The Labute approximate surface area is 141 Å². The molecule has 0 aliphatic rings. The van der Waals surface area contributed by atoms with Crippen LogP contribution in [0.15, 0.2) is 0 Å².